The van der Waals surface area contributed by atoms with Crippen LogP contribution in [0.2, 0.25) is 0 Å². The van der Waals surface area contributed by atoms with Crippen LogP contribution in [0.25, 0.3) is 0 Å². The maximum atomic E-state index is 10.8. The summed E-state index contributed by atoms with van der Waals surface area (Å²) >= 11 is 0. The van der Waals surface area contributed by atoms with E-state index in [0.29, 0.717) is 6.61 Å². The van der Waals surface area contributed by atoms with E-state index >= 15 is 0 Å². The van der Waals surface area contributed by atoms with Gasteiger partial charge in [0.1, 0.15) is 6.10 Å². The summed E-state index contributed by atoms with van der Waals surface area (Å²) in [5, 5.41) is 12.6. The largest absolute Gasteiger partial charge is 0.388 e. The van der Waals surface area contributed by atoms with E-state index in [1.807, 2.05) is 27.7 Å². The maximum Gasteiger partial charge on any atom is 0.217 e. The first-order valence-electron chi connectivity index (χ1n) is 6.73. The Morgan fingerprint density at radius 1 is 1.29 bits per heavy atom. The highest BCUT2D eigenvalue weighted by Gasteiger charge is 2.53. The highest BCUT2D eigenvalue weighted by molar-refractivity contribution is 5.73. The Balaban J connectivity index is 0.000000581. The number of carbonyl (C=O) groups is 1. The molecule has 1 saturated heterocycles. The minimum absolute atomic E-state index is 0.107. The van der Waals surface area contributed by atoms with Crippen molar-refractivity contribution in [3.63, 3.8) is 0 Å². The van der Waals surface area contributed by atoms with Crippen LogP contribution in [0.4, 0.5) is 0 Å². The minimum Gasteiger partial charge on any atom is -0.388 e. The second-order valence-corrected chi connectivity index (χ2v) is 3.98. The van der Waals surface area contributed by atoms with Crippen LogP contribution in [0.3, 0.4) is 0 Å². The van der Waals surface area contributed by atoms with Crippen LogP contribution in [0, 0.1) is 0 Å². The van der Waals surface area contributed by atoms with Crippen molar-refractivity contribution in [2.24, 2.45) is 0 Å². The van der Waals surface area contributed by atoms with Crippen molar-refractivity contribution in [2.75, 3.05) is 6.61 Å². The van der Waals surface area contributed by atoms with Gasteiger partial charge in [0, 0.05) is 6.92 Å². The molecule has 2 unspecified atom stereocenters. The highest BCUT2D eigenvalue weighted by Crippen LogP contribution is 2.43. The summed E-state index contributed by atoms with van der Waals surface area (Å²) in [6.07, 6.45) is 2.43. The third kappa shape index (κ3) is 3.68. The van der Waals surface area contributed by atoms with Crippen LogP contribution in [-0.2, 0) is 9.53 Å². The van der Waals surface area contributed by atoms with Crippen molar-refractivity contribution < 1.29 is 14.6 Å². The average molecular weight is 245 g/mol. The first-order chi connectivity index (χ1) is 8.14. The Morgan fingerprint density at radius 2 is 1.82 bits per heavy atom. The van der Waals surface area contributed by atoms with Crippen LogP contribution in [0.15, 0.2) is 0 Å². The molecule has 17 heavy (non-hydrogen) atoms. The third-order valence-electron chi connectivity index (χ3n) is 3.06. The lowest BCUT2D eigenvalue weighted by Crippen LogP contribution is -2.52. The van der Waals surface area contributed by atoms with Gasteiger partial charge in [-0.1, -0.05) is 27.7 Å². The number of carbonyl (C=O) groups excluding carboxylic acids is 1. The summed E-state index contributed by atoms with van der Waals surface area (Å²) in [6, 6.07) is -0.210. The van der Waals surface area contributed by atoms with Gasteiger partial charge in [-0.2, -0.15) is 0 Å². The summed E-state index contributed by atoms with van der Waals surface area (Å²) in [7, 11) is 0. The molecule has 0 aromatic rings. The second kappa shape index (κ2) is 7.67. The molecule has 4 heteroatoms. The molecule has 2 N–H and O–H groups in total. The minimum atomic E-state index is -0.523. The van der Waals surface area contributed by atoms with E-state index in [0.717, 1.165) is 19.3 Å². The highest BCUT2D eigenvalue weighted by atomic mass is 16.5. The molecule has 2 atom stereocenters. The molecule has 0 aromatic carbocycles. The Morgan fingerprint density at radius 3 is 2.12 bits per heavy atom. The van der Waals surface area contributed by atoms with Gasteiger partial charge in [-0.25, -0.2) is 0 Å². The molecule has 1 heterocycles. The summed E-state index contributed by atoms with van der Waals surface area (Å²) in [6.45, 7) is 9.90. The van der Waals surface area contributed by atoms with Gasteiger partial charge < -0.3 is 15.2 Å². The fourth-order valence-electron chi connectivity index (χ4n) is 2.15. The standard InChI is InChI=1S/C9H15NO3.2C2H6/c1-6(11)10-7-5-13-9(8(7)12)3-2-4-9;2*1-2/h7-8,12H,2-5H2,1H3,(H,10,11);2*1-2H3. The Bertz CT molecular complexity index is 227. The van der Waals surface area contributed by atoms with Gasteiger partial charge >= 0.3 is 0 Å². The zero-order valence-electron chi connectivity index (χ0n) is 11.7. The summed E-state index contributed by atoms with van der Waals surface area (Å²) < 4.78 is 5.54. The normalized spacial score (nSPS) is 28.1. The van der Waals surface area contributed by atoms with Crippen molar-refractivity contribution in [2.45, 2.75) is 71.6 Å². The number of aliphatic hydroxyl groups is 1. The first-order valence-corrected chi connectivity index (χ1v) is 6.73. The zero-order valence-corrected chi connectivity index (χ0v) is 11.7. The number of hydrogen-bond donors (Lipinski definition) is 2. The van der Waals surface area contributed by atoms with Crippen LogP contribution in [0.1, 0.15) is 53.9 Å². The van der Waals surface area contributed by atoms with Crippen molar-refractivity contribution in [3.8, 4) is 0 Å². The lowest BCUT2D eigenvalue weighted by atomic mass is 9.75. The lowest BCUT2D eigenvalue weighted by Gasteiger charge is -2.40. The van der Waals surface area contributed by atoms with Gasteiger partial charge in [-0.3, -0.25) is 4.79 Å². The quantitative estimate of drug-likeness (QED) is 0.741. The second-order valence-electron chi connectivity index (χ2n) is 3.98. The van der Waals surface area contributed by atoms with Crippen LogP contribution in [0.5, 0.6) is 0 Å². The number of amides is 1. The lowest BCUT2D eigenvalue weighted by molar-refractivity contribution is -0.121. The summed E-state index contributed by atoms with van der Waals surface area (Å²) in [4.78, 5) is 10.8. The predicted molar refractivity (Wildman–Crippen MR) is 68.8 cm³/mol. The Kier molecular flexibility index (Phi) is 7.39. The van der Waals surface area contributed by atoms with Crippen molar-refractivity contribution in [1.82, 2.24) is 5.32 Å². The summed E-state index contributed by atoms with van der Waals surface area (Å²) in [5.41, 5.74) is -0.326. The Hall–Kier alpha value is -0.610. The molecule has 2 rings (SSSR count). The number of rotatable bonds is 1. The number of ether oxygens (including phenoxy) is 1. The monoisotopic (exact) mass is 245 g/mol. The van der Waals surface area contributed by atoms with Gasteiger partial charge in [-0.05, 0) is 19.3 Å². The average Bonchev–Trinajstić information content (AvgIpc) is 2.61. The van der Waals surface area contributed by atoms with Crippen LogP contribution < -0.4 is 5.32 Å². The SMILES string of the molecule is CC.CC.CC(=O)NC1COC2(CCC2)C1O. The van der Waals surface area contributed by atoms with E-state index in [4.69, 9.17) is 4.74 Å². The van der Waals surface area contributed by atoms with Gasteiger partial charge in [0.2, 0.25) is 5.91 Å². The molecule has 4 nitrogen and oxygen atoms in total. The van der Waals surface area contributed by atoms with Crippen molar-refractivity contribution in [3.05, 3.63) is 0 Å². The van der Waals surface area contributed by atoms with E-state index in [-0.39, 0.29) is 17.6 Å². The van der Waals surface area contributed by atoms with Crippen molar-refractivity contribution in [1.29, 1.82) is 0 Å². The van der Waals surface area contributed by atoms with Crippen LogP contribution in [-0.4, -0.2) is 35.4 Å². The molecule has 1 amide bonds. The molecule has 2 fully saturated rings. The molecule has 0 bridgehead atoms. The van der Waals surface area contributed by atoms with E-state index in [2.05, 4.69) is 5.32 Å². The molecular formula is C13H27NO3. The fourth-order valence-corrected chi connectivity index (χ4v) is 2.15. The summed E-state index contributed by atoms with van der Waals surface area (Å²) in [5.74, 6) is -0.107. The first kappa shape index (κ1) is 16.4. The number of aliphatic hydroxyl groups excluding tert-OH is 1. The Labute approximate surface area is 105 Å². The maximum absolute atomic E-state index is 10.8. The van der Waals surface area contributed by atoms with Gasteiger partial charge in [0.25, 0.3) is 0 Å². The van der Waals surface area contributed by atoms with Crippen LogP contribution >= 0.6 is 0 Å². The zero-order chi connectivity index (χ0) is 13.5. The van der Waals surface area contributed by atoms with E-state index in [9.17, 15) is 9.90 Å². The molecule has 2 aliphatic rings. The van der Waals surface area contributed by atoms with E-state index in [1.165, 1.54) is 6.92 Å². The molecule has 1 spiro atoms. The molecule has 1 aliphatic heterocycles. The van der Waals surface area contributed by atoms with E-state index < -0.39 is 6.10 Å². The predicted octanol–water partition coefficient (Wildman–Crippen LogP) is 1.86. The molecule has 1 saturated carbocycles. The smallest absolute Gasteiger partial charge is 0.217 e. The van der Waals surface area contributed by atoms with Gasteiger partial charge in [0.15, 0.2) is 0 Å². The molecule has 1 aliphatic carbocycles. The molecule has 0 radical (unpaired) electrons. The molecule has 0 aromatic heterocycles. The number of hydrogen-bond acceptors (Lipinski definition) is 3. The topological polar surface area (TPSA) is 58.6 Å². The van der Waals surface area contributed by atoms with Crippen molar-refractivity contribution >= 4 is 5.91 Å². The molecular weight excluding hydrogens is 218 g/mol. The third-order valence-corrected chi connectivity index (χ3v) is 3.06. The number of nitrogens with one attached hydrogen (secondary N) is 1. The van der Waals surface area contributed by atoms with Gasteiger partial charge in [0.05, 0.1) is 18.2 Å². The van der Waals surface area contributed by atoms with Gasteiger partial charge in [-0.15, -0.1) is 0 Å². The fraction of sp³-hybridized carbons (Fsp3) is 0.923. The molecule has 102 valence electrons. The van der Waals surface area contributed by atoms with E-state index in [1.54, 1.807) is 0 Å².